The zero-order valence-corrected chi connectivity index (χ0v) is 17.9. The second-order valence-corrected chi connectivity index (χ2v) is 8.20. The van der Waals surface area contributed by atoms with Crippen LogP contribution in [0.2, 0.25) is 0 Å². The van der Waals surface area contributed by atoms with E-state index in [2.05, 4.69) is 5.32 Å². The molecule has 6 nitrogen and oxygen atoms in total. The second-order valence-electron chi connectivity index (χ2n) is 8.20. The van der Waals surface area contributed by atoms with E-state index in [0.717, 1.165) is 16.8 Å². The van der Waals surface area contributed by atoms with Gasteiger partial charge in [0.15, 0.2) is 0 Å². The molecule has 1 N–H and O–H groups in total. The maximum absolute atomic E-state index is 12.7. The third-order valence-corrected chi connectivity index (χ3v) is 5.14. The molecule has 1 fully saturated rings. The number of carbonyl (C=O) groups is 3. The highest BCUT2D eigenvalue weighted by Gasteiger charge is 2.36. The van der Waals surface area contributed by atoms with Crippen LogP contribution in [0.1, 0.15) is 41.8 Å². The molecule has 30 heavy (non-hydrogen) atoms. The van der Waals surface area contributed by atoms with E-state index in [1.54, 1.807) is 29.2 Å². The lowest BCUT2D eigenvalue weighted by Gasteiger charge is -2.21. The maximum Gasteiger partial charge on any atom is 0.338 e. The van der Waals surface area contributed by atoms with Crippen molar-refractivity contribution in [2.24, 2.45) is 11.8 Å². The number of para-hydroxylation sites is 1. The van der Waals surface area contributed by atoms with Gasteiger partial charge >= 0.3 is 5.97 Å². The number of anilines is 2. The van der Waals surface area contributed by atoms with Gasteiger partial charge in [0.2, 0.25) is 11.8 Å². The summed E-state index contributed by atoms with van der Waals surface area (Å²) in [6, 6.07) is 12.5. The standard InChI is InChI=1S/C24H28N2O4/c1-15(2)14-30-24(29)18-8-10-20(11-9-18)25-23(28)19-12-21(27)26(13-19)22-16(3)6-5-7-17(22)4/h5-11,15,19H,12-14H2,1-4H3,(H,25,28)/t19-/m1/s1. The Hall–Kier alpha value is -3.15. The van der Waals surface area contributed by atoms with Crippen LogP contribution in [-0.4, -0.2) is 30.9 Å². The summed E-state index contributed by atoms with van der Waals surface area (Å²) >= 11 is 0. The van der Waals surface area contributed by atoms with Crippen molar-refractivity contribution < 1.29 is 19.1 Å². The van der Waals surface area contributed by atoms with Crippen molar-refractivity contribution in [2.45, 2.75) is 34.1 Å². The molecule has 0 aliphatic carbocycles. The summed E-state index contributed by atoms with van der Waals surface area (Å²) in [5.74, 6) is -0.785. The lowest BCUT2D eigenvalue weighted by molar-refractivity contribution is -0.122. The maximum atomic E-state index is 12.7. The highest BCUT2D eigenvalue weighted by Crippen LogP contribution is 2.31. The topological polar surface area (TPSA) is 75.7 Å². The van der Waals surface area contributed by atoms with E-state index in [0.29, 0.717) is 24.4 Å². The number of aryl methyl sites for hydroxylation is 2. The lowest BCUT2D eigenvalue weighted by Crippen LogP contribution is -2.29. The van der Waals surface area contributed by atoms with Crippen molar-refractivity contribution in [3.63, 3.8) is 0 Å². The normalized spacial score (nSPS) is 16.1. The van der Waals surface area contributed by atoms with E-state index >= 15 is 0 Å². The first kappa shape index (κ1) is 21.6. The Morgan fingerprint density at radius 3 is 2.33 bits per heavy atom. The number of nitrogens with zero attached hydrogens (tertiary/aromatic N) is 1. The molecular weight excluding hydrogens is 380 g/mol. The molecule has 0 unspecified atom stereocenters. The summed E-state index contributed by atoms with van der Waals surface area (Å²) in [4.78, 5) is 39.0. The van der Waals surface area contributed by atoms with Gasteiger partial charge in [0, 0.05) is 24.3 Å². The average molecular weight is 408 g/mol. The molecule has 1 heterocycles. The molecule has 2 aromatic rings. The van der Waals surface area contributed by atoms with Gasteiger partial charge in [0.1, 0.15) is 0 Å². The number of carbonyl (C=O) groups excluding carboxylic acids is 3. The minimum atomic E-state index is -0.424. The van der Waals surface area contributed by atoms with Gasteiger partial charge in [-0.05, 0) is 55.2 Å². The van der Waals surface area contributed by atoms with E-state index in [1.165, 1.54) is 0 Å². The summed E-state index contributed by atoms with van der Waals surface area (Å²) in [6.45, 7) is 8.61. The Kier molecular flexibility index (Phi) is 6.55. The number of rotatable bonds is 6. The van der Waals surface area contributed by atoms with Crippen LogP contribution in [0.25, 0.3) is 0 Å². The molecule has 0 saturated carbocycles. The molecule has 3 rings (SSSR count). The van der Waals surface area contributed by atoms with E-state index in [4.69, 9.17) is 4.74 Å². The van der Waals surface area contributed by atoms with Gasteiger partial charge in [0.25, 0.3) is 0 Å². The fraction of sp³-hybridized carbons (Fsp3) is 0.375. The zero-order chi connectivity index (χ0) is 21.8. The number of hydrogen-bond acceptors (Lipinski definition) is 4. The minimum Gasteiger partial charge on any atom is -0.462 e. The van der Waals surface area contributed by atoms with Crippen LogP contribution in [0, 0.1) is 25.7 Å². The fourth-order valence-corrected chi connectivity index (χ4v) is 3.59. The van der Waals surface area contributed by atoms with Crippen LogP contribution in [-0.2, 0) is 14.3 Å². The largest absolute Gasteiger partial charge is 0.462 e. The molecule has 0 spiro atoms. The minimum absolute atomic E-state index is 0.0456. The highest BCUT2D eigenvalue weighted by molar-refractivity contribution is 6.04. The molecule has 2 aromatic carbocycles. The SMILES string of the molecule is Cc1cccc(C)c1N1C[C@H](C(=O)Nc2ccc(C(=O)OCC(C)C)cc2)CC1=O. The van der Waals surface area contributed by atoms with E-state index < -0.39 is 5.92 Å². The predicted octanol–water partition coefficient (Wildman–Crippen LogP) is 4.11. The first-order valence-corrected chi connectivity index (χ1v) is 10.2. The first-order chi connectivity index (χ1) is 14.3. The number of hydrogen-bond donors (Lipinski definition) is 1. The Morgan fingerprint density at radius 2 is 1.73 bits per heavy atom. The Bertz CT molecular complexity index is 930. The molecule has 1 saturated heterocycles. The molecule has 2 amide bonds. The van der Waals surface area contributed by atoms with Gasteiger partial charge in [-0.2, -0.15) is 0 Å². The molecule has 0 bridgehead atoms. The summed E-state index contributed by atoms with van der Waals surface area (Å²) in [5.41, 5.74) is 3.94. The van der Waals surface area contributed by atoms with Gasteiger partial charge in [-0.3, -0.25) is 9.59 Å². The number of nitrogens with one attached hydrogen (secondary N) is 1. The Labute approximate surface area is 177 Å². The van der Waals surface area contributed by atoms with Crippen molar-refractivity contribution in [1.29, 1.82) is 0 Å². The molecule has 1 atom stereocenters. The molecule has 158 valence electrons. The lowest BCUT2D eigenvalue weighted by atomic mass is 10.1. The van der Waals surface area contributed by atoms with Crippen LogP contribution >= 0.6 is 0 Å². The van der Waals surface area contributed by atoms with Gasteiger partial charge in [-0.1, -0.05) is 32.0 Å². The molecule has 0 aromatic heterocycles. The van der Waals surface area contributed by atoms with E-state index in [-0.39, 0.29) is 30.1 Å². The van der Waals surface area contributed by atoms with Crippen molar-refractivity contribution in [3.05, 3.63) is 59.2 Å². The van der Waals surface area contributed by atoms with Crippen LogP contribution in [0.5, 0.6) is 0 Å². The highest BCUT2D eigenvalue weighted by atomic mass is 16.5. The molecule has 6 heteroatoms. The number of esters is 1. The summed E-state index contributed by atoms with van der Waals surface area (Å²) in [5, 5.41) is 2.85. The van der Waals surface area contributed by atoms with Crippen molar-refractivity contribution >= 4 is 29.2 Å². The van der Waals surface area contributed by atoms with Crippen LogP contribution in [0.4, 0.5) is 11.4 Å². The van der Waals surface area contributed by atoms with Crippen molar-refractivity contribution in [1.82, 2.24) is 0 Å². The van der Waals surface area contributed by atoms with Gasteiger partial charge < -0.3 is 15.0 Å². The first-order valence-electron chi connectivity index (χ1n) is 10.2. The van der Waals surface area contributed by atoms with Gasteiger partial charge in [-0.25, -0.2) is 4.79 Å². The van der Waals surface area contributed by atoms with E-state index in [1.807, 2.05) is 45.9 Å². The number of benzene rings is 2. The number of amides is 2. The monoisotopic (exact) mass is 408 g/mol. The molecule has 0 radical (unpaired) electrons. The van der Waals surface area contributed by atoms with Gasteiger partial charge in [0.05, 0.1) is 18.1 Å². The second kappa shape index (κ2) is 9.11. The average Bonchev–Trinajstić information content (AvgIpc) is 3.08. The predicted molar refractivity (Wildman–Crippen MR) is 117 cm³/mol. The molecular formula is C24H28N2O4. The van der Waals surface area contributed by atoms with Crippen molar-refractivity contribution in [2.75, 3.05) is 23.4 Å². The third-order valence-electron chi connectivity index (χ3n) is 5.14. The quantitative estimate of drug-likeness (QED) is 0.730. The van der Waals surface area contributed by atoms with E-state index in [9.17, 15) is 14.4 Å². The summed E-state index contributed by atoms with van der Waals surface area (Å²) < 4.78 is 5.21. The Morgan fingerprint density at radius 1 is 1.10 bits per heavy atom. The Balaban J connectivity index is 1.63. The summed E-state index contributed by atoms with van der Waals surface area (Å²) in [6.07, 6.45) is 0.180. The summed E-state index contributed by atoms with van der Waals surface area (Å²) in [7, 11) is 0. The number of ether oxygens (including phenoxy) is 1. The van der Waals surface area contributed by atoms with Crippen LogP contribution in [0.15, 0.2) is 42.5 Å². The van der Waals surface area contributed by atoms with Crippen molar-refractivity contribution in [3.8, 4) is 0 Å². The molecule has 1 aliphatic rings. The van der Waals surface area contributed by atoms with Crippen LogP contribution < -0.4 is 10.2 Å². The third kappa shape index (κ3) is 4.87. The van der Waals surface area contributed by atoms with Crippen LogP contribution in [0.3, 0.4) is 0 Å². The van der Waals surface area contributed by atoms with Gasteiger partial charge in [-0.15, -0.1) is 0 Å². The fourth-order valence-electron chi connectivity index (χ4n) is 3.59. The zero-order valence-electron chi connectivity index (χ0n) is 17.9. The smallest absolute Gasteiger partial charge is 0.338 e. The molecule has 1 aliphatic heterocycles.